The Morgan fingerprint density at radius 1 is 1.11 bits per heavy atom. The number of nitrogens with one attached hydrogen (secondary N) is 1. The number of carbonyl (C=O) groups excluding carboxylic acids is 1. The van der Waals surface area contributed by atoms with Crippen LogP contribution in [0.25, 0.3) is 0 Å². The number of amides is 1. The minimum Gasteiger partial charge on any atom is -0.456 e. The van der Waals surface area contributed by atoms with Gasteiger partial charge in [0.1, 0.15) is 11.5 Å². The number of piperidine rings is 1. The molecule has 1 spiro atoms. The first-order valence-corrected chi connectivity index (χ1v) is 9.41. The fraction of sp³-hybridized carbons (Fsp3) is 0.400. The Labute approximate surface area is 182 Å². The number of aromatic nitrogens is 1. The molecule has 0 unspecified atom stereocenters. The van der Waals surface area contributed by atoms with Crippen molar-refractivity contribution < 1.29 is 9.53 Å². The second-order valence-electron chi connectivity index (χ2n) is 7.15. The van der Waals surface area contributed by atoms with Crippen LogP contribution in [0.3, 0.4) is 0 Å². The summed E-state index contributed by atoms with van der Waals surface area (Å²) in [5, 5.41) is 3.89. The summed E-state index contributed by atoms with van der Waals surface area (Å²) in [6, 6.07) is 8.75. The van der Waals surface area contributed by atoms with Gasteiger partial charge in [0, 0.05) is 37.6 Å². The van der Waals surface area contributed by atoms with E-state index in [2.05, 4.69) is 10.3 Å². The van der Waals surface area contributed by atoms with Crippen molar-refractivity contribution in [3.8, 4) is 11.5 Å². The number of likely N-dealkylation sites (tertiary alicyclic amines) is 1. The number of halogens is 3. The maximum atomic E-state index is 12.8. The summed E-state index contributed by atoms with van der Waals surface area (Å²) in [7, 11) is 0. The number of pyridine rings is 1. The predicted octanol–water partition coefficient (Wildman–Crippen LogP) is 4.59. The molecule has 2 aliphatic heterocycles. The summed E-state index contributed by atoms with van der Waals surface area (Å²) in [4.78, 5) is 18.7. The lowest BCUT2D eigenvalue weighted by Gasteiger charge is -2.38. The van der Waals surface area contributed by atoms with Crippen molar-refractivity contribution in [2.75, 3.05) is 26.2 Å². The summed E-state index contributed by atoms with van der Waals surface area (Å²) in [6.07, 6.45) is 6.68. The molecule has 3 heterocycles. The second kappa shape index (κ2) is 9.79. The SMILES string of the molecule is Cl.Cl.O=C(c1ccc(Oc2ccncc2)c(Cl)c1)N1CCC2(CCNC2)CC1. The van der Waals surface area contributed by atoms with E-state index in [1.54, 1.807) is 42.7 Å². The smallest absolute Gasteiger partial charge is 0.253 e. The highest BCUT2D eigenvalue weighted by atomic mass is 35.5. The zero-order chi connectivity index (χ0) is 18.0. The van der Waals surface area contributed by atoms with Crippen molar-refractivity contribution in [3.05, 3.63) is 53.3 Å². The molecule has 8 heteroatoms. The Kier molecular flexibility index (Phi) is 7.96. The maximum Gasteiger partial charge on any atom is 0.253 e. The number of hydrogen-bond donors (Lipinski definition) is 1. The highest BCUT2D eigenvalue weighted by molar-refractivity contribution is 6.32. The predicted molar refractivity (Wildman–Crippen MR) is 115 cm³/mol. The monoisotopic (exact) mass is 443 g/mol. The average molecular weight is 445 g/mol. The molecule has 1 aromatic carbocycles. The van der Waals surface area contributed by atoms with E-state index in [0.717, 1.165) is 39.0 Å². The van der Waals surface area contributed by atoms with Gasteiger partial charge in [-0.15, -0.1) is 24.8 Å². The molecule has 0 aliphatic carbocycles. The van der Waals surface area contributed by atoms with E-state index in [0.29, 0.717) is 27.5 Å². The molecule has 152 valence electrons. The summed E-state index contributed by atoms with van der Waals surface area (Å²) >= 11 is 6.34. The van der Waals surface area contributed by atoms with Crippen LogP contribution in [0.2, 0.25) is 5.02 Å². The van der Waals surface area contributed by atoms with Gasteiger partial charge in [0.25, 0.3) is 5.91 Å². The fourth-order valence-corrected chi connectivity index (χ4v) is 4.06. The second-order valence-corrected chi connectivity index (χ2v) is 7.56. The van der Waals surface area contributed by atoms with Crippen LogP contribution >= 0.6 is 36.4 Å². The van der Waals surface area contributed by atoms with Crippen molar-refractivity contribution in [1.82, 2.24) is 15.2 Å². The van der Waals surface area contributed by atoms with Crippen molar-refractivity contribution in [1.29, 1.82) is 0 Å². The van der Waals surface area contributed by atoms with E-state index < -0.39 is 0 Å². The standard InChI is InChI=1S/C20H22ClN3O2.2ClH/c21-17-13-15(1-2-18(17)26-16-3-8-22-9-4-16)19(25)24-11-6-20(7-12-24)5-10-23-14-20;;/h1-4,8-9,13,23H,5-7,10-12,14H2;2*1H. The first-order chi connectivity index (χ1) is 12.7. The largest absolute Gasteiger partial charge is 0.456 e. The molecule has 2 saturated heterocycles. The third-order valence-corrected chi connectivity index (χ3v) is 5.80. The molecule has 1 aromatic heterocycles. The molecule has 0 saturated carbocycles. The molecule has 2 fully saturated rings. The summed E-state index contributed by atoms with van der Waals surface area (Å²) in [6.45, 7) is 3.81. The molecule has 0 radical (unpaired) electrons. The number of benzene rings is 1. The topological polar surface area (TPSA) is 54.5 Å². The number of rotatable bonds is 3. The normalized spacial score (nSPS) is 17.5. The highest BCUT2D eigenvalue weighted by Crippen LogP contribution is 2.37. The molecule has 0 atom stereocenters. The van der Waals surface area contributed by atoms with Crippen molar-refractivity contribution >= 4 is 42.3 Å². The molecule has 2 aliphatic rings. The Balaban J connectivity index is 0.00000140. The van der Waals surface area contributed by atoms with Gasteiger partial charge in [0.05, 0.1) is 5.02 Å². The molecule has 4 rings (SSSR count). The fourth-order valence-electron chi connectivity index (χ4n) is 3.84. The Morgan fingerprint density at radius 3 is 2.43 bits per heavy atom. The zero-order valence-electron chi connectivity index (χ0n) is 15.4. The van der Waals surface area contributed by atoms with Crippen LogP contribution in [0.1, 0.15) is 29.6 Å². The third kappa shape index (κ3) is 4.90. The average Bonchev–Trinajstić information content (AvgIpc) is 3.12. The van der Waals surface area contributed by atoms with Crippen LogP contribution in [0.4, 0.5) is 0 Å². The molecule has 1 N–H and O–H groups in total. The van der Waals surface area contributed by atoms with E-state index in [4.69, 9.17) is 16.3 Å². The van der Waals surface area contributed by atoms with E-state index >= 15 is 0 Å². The molecular formula is C20H24Cl3N3O2. The molecular weight excluding hydrogens is 421 g/mol. The molecule has 5 nitrogen and oxygen atoms in total. The molecule has 28 heavy (non-hydrogen) atoms. The first-order valence-electron chi connectivity index (χ1n) is 9.03. The lowest BCUT2D eigenvalue weighted by Crippen LogP contribution is -2.44. The van der Waals surface area contributed by atoms with Gasteiger partial charge in [-0.3, -0.25) is 9.78 Å². The van der Waals surface area contributed by atoms with Crippen LogP contribution in [-0.2, 0) is 0 Å². The Morgan fingerprint density at radius 2 is 1.82 bits per heavy atom. The van der Waals surface area contributed by atoms with E-state index in [1.807, 2.05) is 4.90 Å². The number of ether oxygens (including phenoxy) is 1. The van der Waals surface area contributed by atoms with E-state index in [1.165, 1.54) is 6.42 Å². The maximum absolute atomic E-state index is 12.8. The molecule has 0 bridgehead atoms. The van der Waals surface area contributed by atoms with Gasteiger partial charge in [-0.2, -0.15) is 0 Å². The van der Waals surface area contributed by atoms with Crippen molar-refractivity contribution in [3.63, 3.8) is 0 Å². The minimum atomic E-state index is 0. The van der Waals surface area contributed by atoms with Gasteiger partial charge in [0.2, 0.25) is 0 Å². The van der Waals surface area contributed by atoms with Gasteiger partial charge < -0.3 is 15.0 Å². The Bertz CT molecular complexity index is 789. The zero-order valence-corrected chi connectivity index (χ0v) is 17.8. The quantitative estimate of drug-likeness (QED) is 0.752. The number of carbonyl (C=O) groups is 1. The molecule has 1 amide bonds. The van der Waals surface area contributed by atoms with E-state index in [9.17, 15) is 4.79 Å². The lowest BCUT2D eigenvalue weighted by atomic mass is 9.78. The highest BCUT2D eigenvalue weighted by Gasteiger charge is 2.38. The van der Waals surface area contributed by atoms with Crippen LogP contribution in [-0.4, -0.2) is 42.0 Å². The van der Waals surface area contributed by atoms with Crippen molar-refractivity contribution in [2.24, 2.45) is 5.41 Å². The van der Waals surface area contributed by atoms with E-state index in [-0.39, 0.29) is 30.7 Å². The van der Waals surface area contributed by atoms with Gasteiger partial charge in [-0.1, -0.05) is 11.6 Å². The summed E-state index contributed by atoms with van der Waals surface area (Å²) < 4.78 is 5.75. The van der Waals surface area contributed by atoms with Crippen LogP contribution in [0, 0.1) is 5.41 Å². The molecule has 2 aromatic rings. The van der Waals surface area contributed by atoms with Crippen molar-refractivity contribution in [2.45, 2.75) is 19.3 Å². The van der Waals surface area contributed by atoms with Gasteiger partial charge in [0.15, 0.2) is 0 Å². The van der Waals surface area contributed by atoms with Crippen LogP contribution in [0.5, 0.6) is 11.5 Å². The summed E-state index contributed by atoms with van der Waals surface area (Å²) in [5.74, 6) is 1.24. The lowest BCUT2D eigenvalue weighted by molar-refractivity contribution is 0.0607. The van der Waals surface area contributed by atoms with Gasteiger partial charge in [-0.25, -0.2) is 0 Å². The van der Waals surface area contributed by atoms with Gasteiger partial charge >= 0.3 is 0 Å². The minimum absolute atomic E-state index is 0. The Hall–Kier alpha value is -1.53. The first kappa shape index (κ1) is 22.8. The van der Waals surface area contributed by atoms with Gasteiger partial charge in [-0.05, 0) is 61.6 Å². The summed E-state index contributed by atoms with van der Waals surface area (Å²) in [5.41, 5.74) is 1.01. The van der Waals surface area contributed by atoms with Crippen LogP contribution in [0.15, 0.2) is 42.7 Å². The van der Waals surface area contributed by atoms with Crippen LogP contribution < -0.4 is 10.1 Å². The number of hydrogen-bond acceptors (Lipinski definition) is 4. The third-order valence-electron chi connectivity index (χ3n) is 5.50. The number of nitrogens with zero attached hydrogens (tertiary/aromatic N) is 2.